The molecule has 1 spiro atoms. The minimum absolute atomic E-state index is 0.0387. The zero-order valence-electron chi connectivity index (χ0n) is 18.9. The molecule has 5 rings (SSSR count). The monoisotopic (exact) mass is 447 g/mol. The van der Waals surface area contributed by atoms with Crippen LogP contribution in [-0.2, 0) is 0 Å². The van der Waals surface area contributed by atoms with Crippen molar-refractivity contribution in [1.82, 2.24) is 19.9 Å². The molecule has 2 aromatic heterocycles. The summed E-state index contributed by atoms with van der Waals surface area (Å²) in [5, 5.41) is 4.33. The molecule has 0 bridgehead atoms. The van der Waals surface area contributed by atoms with Crippen molar-refractivity contribution >= 4 is 23.2 Å². The number of likely N-dealkylation sites (tertiary alicyclic amines) is 1. The Bertz CT molecular complexity index is 1120. The van der Waals surface area contributed by atoms with Crippen molar-refractivity contribution in [3.05, 3.63) is 58.5 Å². The largest absolute Gasteiger partial charge is 0.352 e. The number of anilines is 1. The van der Waals surface area contributed by atoms with Gasteiger partial charge in [-0.3, -0.25) is 4.79 Å². The van der Waals surface area contributed by atoms with E-state index in [1.807, 2.05) is 49.9 Å². The summed E-state index contributed by atoms with van der Waals surface area (Å²) in [5.41, 5.74) is 3.95. The van der Waals surface area contributed by atoms with E-state index in [2.05, 4.69) is 32.4 Å². The zero-order chi connectivity index (χ0) is 22.3. The SMILES string of the molecule is Cc1cc(C)nc(NCC2CC3(CCN2C(=O)c2nc(C)sc2-c2ccccc2)CC3)n1. The van der Waals surface area contributed by atoms with Crippen molar-refractivity contribution in [2.45, 2.75) is 52.5 Å². The van der Waals surface area contributed by atoms with Gasteiger partial charge in [-0.2, -0.15) is 0 Å². The van der Waals surface area contributed by atoms with E-state index in [1.165, 1.54) is 12.8 Å². The van der Waals surface area contributed by atoms with E-state index in [9.17, 15) is 4.79 Å². The van der Waals surface area contributed by atoms with Crippen LogP contribution >= 0.6 is 11.3 Å². The fourth-order valence-electron chi connectivity index (χ4n) is 4.84. The standard InChI is InChI=1S/C25H29N5OS/c1-16-13-17(2)28-24(27-16)26-15-20-14-25(9-10-25)11-12-30(20)23(31)21-22(32-18(3)29-21)19-7-5-4-6-8-19/h4-8,13,20H,9-12,14-15H2,1-3H3,(H,26,27,28). The average Bonchev–Trinajstić information content (AvgIpc) is 3.40. The van der Waals surface area contributed by atoms with Gasteiger partial charge in [0, 0.05) is 30.5 Å². The summed E-state index contributed by atoms with van der Waals surface area (Å²) >= 11 is 1.59. The molecular formula is C25H29N5OS. The van der Waals surface area contributed by atoms with Crippen LogP contribution in [0.5, 0.6) is 0 Å². The van der Waals surface area contributed by atoms with Crippen LogP contribution in [0.1, 0.15) is 52.6 Å². The molecular weight excluding hydrogens is 418 g/mol. The summed E-state index contributed by atoms with van der Waals surface area (Å²) in [6, 6.07) is 12.2. The zero-order valence-corrected chi connectivity index (χ0v) is 19.7. The maximum absolute atomic E-state index is 13.8. The number of thiazole rings is 1. The van der Waals surface area contributed by atoms with Crippen LogP contribution in [0.15, 0.2) is 36.4 Å². The van der Waals surface area contributed by atoms with Gasteiger partial charge >= 0.3 is 0 Å². The van der Waals surface area contributed by atoms with Gasteiger partial charge in [-0.15, -0.1) is 11.3 Å². The molecule has 166 valence electrons. The summed E-state index contributed by atoms with van der Waals surface area (Å²) < 4.78 is 0. The van der Waals surface area contributed by atoms with Crippen LogP contribution in [0, 0.1) is 26.2 Å². The van der Waals surface area contributed by atoms with E-state index in [0.717, 1.165) is 46.2 Å². The second kappa shape index (κ2) is 8.28. The third-order valence-corrected chi connectivity index (χ3v) is 7.68. The Kier molecular flexibility index (Phi) is 5.45. The summed E-state index contributed by atoms with van der Waals surface area (Å²) in [5.74, 6) is 0.677. The summed E-state index contributed by atoms with van der Waals surface area (Å²) in [6.45, 7) is 7.36. The molecule has 2 fully saturated rings. The van der Waals surface area contributed by atoms with Gasteiger partial charge in [-0.05, 0) is 63.5 Å². The number of amides is 1. The second-order valence-corrected chi connectivity index (χ2v) is 10.4. The molecule has 1 N–H and O–H groups in total. The fraction of sp³-hybridized carbons (Fsp3) is 0.440. The Morgan fingerprint density at radius 3 is 2.50 bits per heavy atom. The number of nitrogens with one attached hydrogen (secondary N) is 1. The first-order chi connectivity index (χ1) is 15.4. The highest BCUT2D eigenvalue weighted by molar-refractivity contribution is 7.15. The van der Waals surface area contributed by atoms with E-state index in [4.69, 9.17) is 0 Å². The number of piperidine rings is 1. The second-order valence-electron chi connectivity index (χ2n) is 9.24. The molecule has 1 atom stereocenters. The van der Waals surface area contributed by atoms with Crippen molar-refractivity contribution in [2.24, 2.45) is 5.41 Å². The lowest BCUT2D eigenvalue weighted by Gasteiger charge is -2.40. The van der Waals surface area contributed by atoms with E-state index in [1.54, 1.807) is 11.3 Å². The van der Waals surface area contributed by atoms with Gasteiger partial charge in [0.15, 0.2) is 0 Å². The molecule has 3 heterocycles. The fourth-order valence-corrected chi connectivity index (χ4v) is 5.76. The van der Waals surface area contributed by atoms with Crippen molar-refractivity contribution in [3.8, 4) is 10.4 Å². The predicted molar refractivity (Wildman–Crippen MR) is 128 cm³/mol. The lowest BCUT2D eigenvalue weighted by molar-refractivity contribution is 0.0541. The summed E-state index contributed by atoms with van der Waals surface area (Å²) in [6.07, 6.45) is 4.66. The Balaban J connectivity index is 1.40. The van der Waals surface area contributed by atoms with Gasteiger partial charge in [0.25, 0.3) is 5.91 Å². The Morgan fingerprint density at radius 1 is 1.09 bits per heavy atom. The number of carbonyl (C=O) groups is 1. The lowest BCUT2D eigenvalue weighted by Crippen LogP contribution is -2.50. The van der Waals surface area contributed by atoms with Crippen molar-refractivity contribution in [1.29, 1.82) is 0 Å². The minimum atomic E-state index is 0.0387. The maximum atomic E-state index is 13.8. The van der Waals surface area contributed by atoms with Gasteiger partial charge in [-0.1, -0.05) is 30.3 Å². The van der Waals surface area contributed by atoms with Gasteiger partial charge in [0.1, 0.15) is 5.69 Å². The Labute approximate surface area is 193 Å². The van der Waals surface area contributed by atoms with Crippen molar-refractivity contribution in [2.75, 3.05) is 18.4 Å². The molecule has 1 saturated heterocycles. The molecule has 1 aliphatic heterocycles. The molecule has 7 heteroatoms. The quantitative estimate of drug-likeness (QED) is 0.594. The van der Waals surface area contributed by atoms with Crippen LogP contribution < -0.4 is 5.32 Å². The van der Waals surface area contributed by atoms with E-state index in [-0.39, 0.29) is 11.9 Å². The maximum Gasteiger partial charge on any atom is 0.274 e. The highest BCUT2D eigenvalue weighted by atomic mass is 32.1. The van der Waals surface area contributed by atoms with Crippen molar-refractivity contribution < 1.29 is 4.79 Å². The lowest BCUT2D eigenvalue weighted by atomic mass is 9.87. The normalized spacial score (nSPS) is 19.2. The molecule has 2 aliphatic rings. The number of hydrogen-bond acceptors (Lipinski definition) is 6. The van der Waals surface area contributed by atoms with Gasteiger partial charge < -0.3 is 10.2 Å². The number of nitrogens with zero attached hydrogens (tertiary/aromatic N) is 4. The minimum Gasteiger partial charge on any atom is -0.352 e. The van der Waals surface area contributed by atoms with Crippen LogP contribution in [0.2, 0.25) is 0 Å². The number of benzene rings is 1. The molecule has 1 amide bonds. The number of carbonyl (C=O) groups excluding carboxylic acids is 1. The summed E-state index contributed by atoms with van der Waals surface area (Å²) in [7, 11) is 0. The molecule has 1 aliphatic carbocycles. The molecule has 1 aromatic carbocycles. The molecule has 6 nitrogen and oxygen atoms in total. The highest BCUT2D eigenvalue weighted by Crippen LogP contribution is 2.55. The summed E-state index contributed by atoms with van der Waals surface area (Å²) in [4.78, 5) is 30.5. The number of hydrogen-bond donors (Lipinski definition) is 1. The van der Waals surface area contributed by atoms with Crippen LogP contribution in [0.25, 0.3) is 10.4 Å². The van der Waals surface area contributed by atoms with Gasteiger partial charge in [0.2, 0.25) is 5.95 Å². The highest BCUT2D eigenvalue weighted by Gasteiger charge is 2.49. The van der Waals surface area contributed by atoms with E-state index in [0.29, 0.717) is 23.6 Å². The molecule has 0 radical (unpaired) electrons. The van der Waals surface area contributed by atoms with Crippen LogP contribution in [-0.4, -0.2) is 44.9 Å². The van der Waals surface area contributed by atoms with E-state index >= 15 is 0 Å². The molecule has 1 saturated carbocycles. The Hall–Kier alpha value is -2.80. The average molecular weight is 448 g/mol. The van der Waals surface area contributed by atoms with Gasteiger partial charge in [-0.25, -0.2) is 15.0 Å². The smallest absolute Gasteiger partial charge is 0.274 e. The van der Waals surface area contributed by atoms with E-state index < -0.39 is 0 Å². The van der Waals surface area contributed by atoms with Crippen molar-refractivity contribution in [3.63, 3.8) is 0 Å². The number of rotatable bonds is 5. The predicted octanol–water partition coefficient (Wildman–Crippen LogP) is 5.02. The Morgan fingerprint density at radius 2 is 1.81 bits per heavy atom. The molecule has 32 heavy (non-hydrogen) atoms. The number of aryl methyl sites for hydroxylation is 3. The van der Waals surface area contributed by atoms with Crippen LogP contribution in [0.3, 0.4) is 0 Å². The topological polar surface area (TPSA) is 71.0 Å². The van der Waals surface area contributed by atoms with Gasteiger partial charge in [0.05, 0.1) is 9.88 Å². The molecule has 3 aromatic rings. The third-order valence-electron chi connectivity index (χ3n) is 6.66. The first-order valence-electron chi connectivity index (χ1n) is 11.3. The van der Waals surface area contributed by atoms with Crippen LogP contribution in [0.4, 0.5) is 5.95 Å². The first-order valence-corrected chi connectivity index (χ1v) is 12.1. The third kappa shape index (κ3) is 4.26. The first kappa shape index (κ1) is 21.1. The molecule has 1 unspecified atom stereocenters. The number of aromatic nitrogens is 3.